The van der Waals surface area contributed by atoms with E-state index in [1.165, 1.54) is 19.1 Å². The number of carbonyl (C=O) groups is 3. The number of rotatable bonds is 3. The molecule has 1 N–H and O–H groups in total. The molecule has 0 unspecified atom stereocenters. The van der Waals surface area contributed by atoms with Crippen molar-refractivity contribution >= 4 is 17.7 Å². The van der Waals surface area contributed by atoms with Crippen LogP contribution in [0.15, 0.2) is 24.3 Å². The zero-order valence-corrected chi connectivity index (χ0v) is 16.1. The van der Waals surface area contributed by atoms with E-state index < -0.39 is 5.82 Å². The van der Waals surface area contributed by atoms with Crippen LogP contribution < -0.4 is 5.32 Å². The van der Waals surface area contributed by atoms with Gasteiger partial charge in [-0.05, 0) is 43.2 Å². The minimum atomic E-state index is -0.507. The number of hydrogen-bond acceptors (Lipinski definition) is 3. The Balaban J connectivity index is 1.60. The first kappa shape index (κ1) is 18.9. The summed E-state index contributed by atoms with van der Waals surface area (Å²) in [7, 11) is 0. The molecule has 3 fully saturated rings. The number of amides is 3. The highest BCUT2D eigenvalue weighted by atomic mass is 19.1. The molecule has 0 radical (unpaired) electrons. The lowest BCUT2D eigenvalue weighted by Gasteiger charge is -2.56. The van der Waals surface area contributed by atoms with Crippen molar-refractivity contribution in [3.05, 3.63) is 35.6 Å². The lowest BCUT2D eigenvalue weighted by Crippen LogP contribution is -2.67. The van der Waals surface area contributed by atoms with E-state index in [1.807, 2.05) is 4.90 Å². The first-order valence-corrected chi connectivity index (χ1v) is 10.0. The minimum Gasteiger partial charge on any atom is -0.354 e. The Hall–Kier alpha value is -2.44. The number of likely N-dealkylation sites (tertiary alicyclic amines) is 1. The highest BCUT2D eigenvalue weighted by Crippen LogP contribution is 2.41. The van der Waals surface area contributed by atoms with E-state index in [0.29, 0.717) is 26.1 Å². The van der Waals surface area contributed by atoms with Gasteiger partial charge in [0.15, 0.2) is 0 Å². The molecule has 3 saturated heterocycles. The van der Waals surface area contributed by atoms with Gasteiger partial charge in [0, 0.05) is 39.0 Å². The van der Waals surface area contributed by atoms with Crippen LogP contribution in [0.1, 0.15) is 43.0 Å². The molecule has 3 amide bonds. The molecule has 28 heavy (non-hydrogen) atoms. The van der Waals surface area contributed by atoms with Crippen molar-refractivity contribution in [3.8, 4) is 0 Å². The van der Waals surface area contributed by atoms with Crippen LogP contribution in [-0.4, -0.2) is 59.2 Å². The van der Waals surface area contributed by atoms with Gasteiger partial charge < -0.3 is 15.1 Å². The van der Waals surface area contributed by atoms with Gasteiger partial charge in [0.25, 0.3) is 5.91 Å². The summed E-state index contributed by atoms with van der Waals surface area (Å²) < 4.78 is 14.1. The number of nitrogens with zero attached hydrogens (tertiary/aromatic N) is 2. The van der Waals surface area contributed by atoms with E-state index in [0.717, 1.165) is 19.3 Å². The molecule has 1 aromatic carbocycles. The molecular formula is C21H26FN3O3. The third-order valence-corrected chi connectivity index (χ3v) is 6.45. The molecule has 4 atom stereocenters. The van der Waals surface area contributed by atoms with Crippen LogP contribution in [0.4, 0.5) is 4.39 Å². The average Bonchev–Trinajstić information content (AvgIpc) is 2.68. The summed E-state index contributed by atoms with van der Waals surface area (Å²) in [5, 5.41) is 2.86. The zero-order chi connectivity index (χ0) is 19.8. The van der Waals surface area contributed by atoms with Crippen LogP contribution in [0, 0.1) is 17.7 Å². The second-order valence-electron chi connectivity index (χ2n) is 8.21. The number of fused-ring (bicyclic) bond motifs is 4. The maximum atomic E-state index is 14.1. The van der Waals surface area contributed by atoms with Crippen LogP contribution >= 0.6 is 0 Å². The van der Waals surface area contributed by atoms with Crippen molar-refractivity contribution in [3.63, 3.8) is 0 Å². The fourth-order valence-corrected chi connectivity index (χ4v) is 5.26. The van der Waals surface area contributed by atoms with Gasteiger partial charge in [-0.25, -0.2) is 4.39 Å². The molecule has 0 aliphatic carbocycles. The van der Waals surface area contributed by atoms with Crippen molar-refractivity contribution in [1.29, 1.82) is 0 Å². The van der Waals surface area contributed by atoms with Crippen LogP contribution in [-0.2, 0) is 9.59 Å². The second-order valence-corrected chi connectivity index (χ2v) is 8.21. The van der Waals surface area contributed by atoms with Crippen molar-refractivity contribution in [2.24, 2.45) is 11.8 Å². The summed E-state index contributed by atoms with van der Waals surface area (Å²) in [4.78, 5) is 40.9. The molecule has 3 heterocycles. The first-order chi connectivity index (χ1) is 13.5. The normalized spacial score (nSPS) is 29.3. The monoisotopic (exact) mass is 387 g/mol. The van der Waals surface area contributed by atoms with E-state index in [1.54, 1.807) is 17.0 Å². The number of benzene rings is 1. The maximum Gasteiger partial charge on any atom is 0.256 e. The van der Waals surface area contributed by atoms with E-state index >= 15 is 0 Å². The molecule has 0 saturated carbocycles. The number of nitrogens with one attached hydrogen (secondary N) is 1. The Morgan fingerprint density at radius 3 is 2.71 bits per heavy atom. The minimum absolute atomic E-state index is 0.0830. The summed E-state index contributed by atoms with van der Waals surface area (Å²) in [6, 6.07) is 6.04. The molecule has 150 valence electrons. The third-order valence-electron chi connectivity index (χ3n) is 6.45. The van der Waals surface area contributed by atoms with E-state index in [-0.39, 0.29) is 47.2 Å². The summed E-state index contributed by atoms with van der Waals surface area (Å²) in [5.41, 5.74) is 0.0949. The average molecular weight is 387 g/mol. The topological polar surface area (TPSA) is 69.7 Å². The van der Waals surface area contributed by atoms with Gasteiger partial charge in [-0.15, -0.1) is 0 Å². The first-order valence-electron chi connectivity index (χ1n) is 10.0. The van der Waals surface area contributed by atoms with Crippen molar-refractivity contribution in [2.45, 2.75) is 44.7 Å². The molecule has 4 rings (SSSR count). The third kappa shape index (κ3) is 3.38. The smallest absolute Gasteiger partial charge is 0.256 e. The van der Waals surface area contributed by atoms with E-state index in [4.69, 9.17) is 0 Å². The van der Waals surface area contributed by atoms with E-state index in [9.17, 15) is 18.8 Å². The molecule has 2 bridgehead atoms. The van der Waals surface area contributed by atoms with Gasteiger partial charge in [-0.3, -0.25) is 14.4 Å². The molecule has 1 aromatic rings. The zero-order valence-electron chi connectivity index (χ0n) is 16.1. The molecule has 7 heteroatoms. The van der Waals surface area contributed by atoms with Gasteiger partial charge in [0.05, 0.1) is 11.6 Å². The predicted octanol–water partition coefficient (Wildman–Crippen LogP) is 1.80. The lowest BCUT2D eigenvalue weighted by atomic mass is 9.72. The maximum absolute atomic E-state index is 14.1. The Morgan fingerprint density at radius 1 is 1.21 bits per heavy atom. The highest BCUT2D eigenvalue weighted by Gasteiger charge is 2.50. The number of piperidine rings is 3. The molecule has 0 spiro atoms. The molecular weight excluding hydrogens is 361 g/mol. The Kier molecular flexibility index (Phi) is 5.08. The summed E-state index contributed by atoms with van der Waals surface area (Å²) in [5.74, 6) is -0.491. The second kappa shape index (κ2) is 7.53. The molecule has 3 aliphatic heterocycles. The van der Waals surface area contributed by atoms with Crippen LogP contribution in [0.5, 0.6) is 0 Å². The Labute approximate surface area is 164 Å². The van der Waals surface area contributed by atoms with Crippen molar-refractivity contribution in [2.75, 3.05) is 19.6 Å². The van der Waals surface area contributed by atoms with Crippen LogP contribution in [0.3, 0.4) is 0 Å². The standard InChI is InChI=1S/C21H26FN3O3/c1-13(26)23-10-19-15-9-14(18-7-4-8-20(27)25(18)19)11-24(12-15)21(28)16-5-2-3-6-17(16)22/h2-3,5-6,14-15,18-19H,4,7-12H2,1H3,(H,23,26)/t14-,15+,18+,19+/m1/s1. The van der Waals surface area contributed by atoms with Gasteiger partial charge in [-0.1, -0.05) is 12.1 Å². The highest BCUT2D eigenvalue weighted by molar-refractivity contribution is 5.94. The molecule has 0 aromatic heterocycles. The van der Waals surface area contributed by atoms with Crippen LogP contribution in [0.2, 0.25) is 0 Å². The van der Waals surface area contributed by atoms with E-state index in [2.05, 4.69) is 5.32 Å². The fourth-order valence-electron chi connectivity index (χ4n) is 5.26. The fraction of sp³-hybridized carbons (Fsp3) is 0.571. The summed E-state index contributed by atoms with van der Waals surface area (Å²) >= 11 is 0. The van der Waals surface area contributed by atoms with Gasteiger partial charge in [0.2, 0.25) is 11.8 Å². The van der Waals surface area contributed by atoms with Gasteiger partial charge in [-0.2, -0.15) is 0 Å². The molecule has 3 aliphatic rings. The van der Waals surface area contributed by atoms with Crippen molar-refractivity contribution < 1.29 is 18.8 Å². The number of carbonyl (C=O) groups excluding carboxylic acids is 3. The van der Waals surface area contributed by atoms with Gasteiger partial charge >= 0.3 is 0 Å². The lowest BCUT2D eigenvalue weighted by molar-refractivity contribution is -0.151. The predicted molar refractivity (Wildman–Crippen MR) is 101 cm³/mol. The SMILES string of the molecule is CC(=O)NC[C@H]1[C@H]2C[C@H](CN(C(=O)c3ccccc3F)C2)[C@@H]2CCCC(=O)N21. The Morgan fingerprint density at radius 2 is 1.96 bits per heavy atom. The summed E-state index contributed by atoms with van der Waals surface area (Å²) in [6.45, 7) is 2.89. The van der Waals surface area contributed by atoms with Crippen LogP contribution in [0.25, 0.3) is 0 Å². The number of hydrogen-bond donors (Lipinski definition) is 1. The quantitative estimate of drug-likeness (QED) is 0.860. The number of halogens is 1. The van der Waals surface area contributed by atoms with Crippen molar-refractivity contribution in [1.82, 2.24) is 15.1 Å². The molecule has 6 nitrogen and oxygen atoms in total. The summed E-state index contributed by atoms with van der Waals surface area (Å²) in [6.07, 6.45) is 3.25. The largest absolute Gasteiger partial charge is 0.354 e. The Bertz CT molecular complexity index is 799. The van der Waals surface area contributed by atoms with Gasteiger partial charge in [0.1, 0.15) is 5.82 Å².